The van der Waals surface area contributed by atoms with E-state index in [9.17, 15) is 4.79 Å². The van der Waals surface area contributed by atoms with Crippen molar-refractivity contribution in [3.63, 3.8) is 0 Å². The molecule has 0 saturated carbocycles. The zero-order valence-electron chi connectivity index (χ0n) is 10.1. The van der Waals surface area contributed by atoms with Gasteiger partial charge in [-0.1, -0.05) is 18.2 Å². The number of hydrogen-bond donors (Lipinski definition) is 0. The van der Waals surface area contributed by atoms with Crippen molar-refractivity contribution in [2.75, 3.05) is 6.61 Å². The molecule has 92 valence electrons. The molecule has 0 spiro atoms. The van der Waals surface area contributed by atoms with Crippen LogP contribution in [0.15, 0.2) is 36.7 Å². The highest BCUT2D eigenvalue weighted by molar-refractivity contribution is 6.08. The van der Waals surface area contributed by atoms with Gasteiger partial charge in [-0.3, -0.25) is 9.78 Å². The van der Waals surface area contributed by atoms with E-state index in [4.69, 9.17) is 4.74 Å². The zero-order chi connectivity index (χ0) is 12.4. The average molecular weight is 241 g/mol. The van der Waals surface area contributed by atoms with E-state index in [0.29, 0.717) is 6.42 Å². The minimum Gasteiger partial charge on any atom is -0.378 e. The van der Waals surface area contributed by atoms with Gasteiger partial charge in [0, 0.05) is 36.4 Å². The summed E-state index contributed by atoms with van der Waals surface area (Å²) in [6.45, 7) is 0.789. The van der Waals surface area contributed by atoms with Crippen LogP contribution in [-0.2, 0) is 4.74 Å². The van der Waals surface area contributed by atoms with E-state index < -0.39 is 0 Å². The zero-order valence-corrected chi connectivity index (χ0v) is 10.1. The molecule has 1 aliphatic heterocycles. The molecule has 1 atom stereocenters. The van der Waals surface area contributed by atoms with Crippen molar-refractivity contribution in [2.24, 2.45) is 0 Å². The van der Waals surface area contributed by atoms with Gasteiger partial charge in [-0.2, -0.15) is 0 Å². The maximum atomic E-state index is 12.3. The molecule has 0 aliphatic carbocycles. The number of Topliss-reactive ketones (excluding diaryl/α,β-unsaturated/α-hetero) is 1. The number of benzene rings is 1. The Labute approximate surface area is 106 Å². The van der Waals surface area contributed by atoms with E-state index in [-0.39, 0.29) is 11.9 Å². The summed E-state index contributed by atoms with van der Waals surface area (Å²) in [4.78, 5) is 16.4. The molecule has 0 radical (unpaired) electrons. The summed E-state index contributed by atoms with van der Waals surface area (Å²) in [6.07, 6.45) is 6.18. The number of fused-ring (bicyclic) bond motifs is 1. The second kappa shape index (κ2) is 4.86. The summed E-state index contributed by atoms with van der Waals surface area (Å²) in [7, 11) is 0. The van der Waals surface area contributed by atoms with E-state index >= 15 is 0 Å². The van der Waals surface area contributed by atoms with Crippen LogP contribution in [-0.4, -0.2) is 23.5 Å². The second-order valence-electron chi connectivity index (χ2n) is 4.66. The fourth-order valence-electron chi connectivity index (χ4n) is 2.49. The van der Waals surface area contributed by atoms with Crippen LogP contribution in [0.5, 0.6) is 0 Å². The Hall–Kier alpha value is -1.74. The summed E-state index contributed by atoms with van der Waals surface area (Å²) in [6, 6.07) is 7.68. The van der Waals surface area contributed by atoms with Crippen LogP contribution in [0.25, 0.3) is 10.8 Å². The molecule has 1 aliphatic rings. The fourth-order valence-corrected chi connectivity index (χ4v) is 2.49. The first-order valence-corrected chi connectivity index (χ1v) is 6.32. The summed E-state index contributed by atoms with van der Waals surface area (Å²) in [5.41, 5.74) is 0.783. The van der Waals surface area contributed by atoms with E-state index in [2.05, 4.69) is 4.98 Å². The molecule has 2 aromatic rings. The van der Waals surface area contributed by atoms with Crippen LogP contribution >= 0.6 is 0 Å². The second-order valence-corrected chi connectivity index (χ2v) is 4.66. The van der Waals surface area contributed by atoms with Gasteiger partial charge < -0.3 is 4.74 Å². The molecule has 1 aromatic heterocycles. The van der Waals surface area contributed by atoms with E-state index in [0.717, 1.165) is 35.8 Å². The number of aromatic nitrogens is 1. The lowest BCUT2D eigenvalue weighted by Crippen LogP contribution is -2.12. The molecule has 0 bridgehead atoms. The highest BCUT2D eigenvalue weighted by atomic mass is 16.5. The quantitative estimate of drug-likeness (QED) is 0.775. The Morgan fingerprint density at radius 2 is 2.33 bits per heavy atom. The fraction of sp³-hybridized carbons (Fsp3) is 0.333. The van der Waals surface area contributed by atoms with Gasteiger partial charge in [0.1, 0.15) is 0 Å². The summed E-state index contributed by atoms with van der Waals surface area (Å²) in [5, 5.41) is 1.99. The van der Waals surface area contributed by atoms with Crippen molar-refractivity contribution >= 4 is 16.6 Å². The topological polar surface area (TPSA) is 39.2 Å². The van der Waals surface area contributed by atoms with Crippen molar-refractivity contribution in [2.45, 2.75) is 25.4 Å². The number of hydrogen-bond acceptors (Lipinski definition) is 3. The van der Waals surface area contributed by atoms with Gasteiger partial charge in [0.05, 0.1) is 6.10 Å². The number of ketones is 1. The van der Waals surface area contributed by atoms with Crippen LogP contribution in [0.2, 0.25) is 0 Å². The van der Waals surface area contributed by atoms with Crippen molar-refractivity contribution in [1.82, 2.24) is 4.98 Å². The molecule has 3 nitrogen and oxygen atoms in total. The third-order valence-corrected chi connectivity index (χ3v) is 3.42. The van der Waals surface area contributed by atoms with E-state index in [1.54, 1.807) is 12.4 Å². The van der Waals surface area contributed by atoms with E-state index in [1.165, 1.54) is 0 Å². The number of rotatable bonds is 3. The first-order chi connectivity index (χ1) is 8.84. The summed E-state index contributed by atoms with van der Waals surface area (Å²) < 4.78 is 5.52. The maximum absolute atomic E-state index is 12.3. The molecule has 18 heavy (non-hydrogen) atoms. The van der Waals surface area contributed by atoms with Gasteiger partial charge >= 0.3 is 0 Å². The van der Waals surface area contributed by atoms with Gasteiger partial charge in [0.25, 0.3) is 0 Å². The van der Waals surface area contributed by atoms with Gasteiger partial charge in [0.2, 0.25) is 0 Å². The van der Waals surface area contributed by atoms with Crippen LogP contribution < -0.4 is 0 Å². The predicted molar refractivity (Wildman–Crippen MR) is 69.7 cm³/mol. The SMILES string of the molecule is O=C(CC1CCCO1)c1cccc2cnccc12. The third kappa shape index (κ3) is 2.14. The van der Waals surface area contributed by atoms with Gasteiger partial charge in [0.15, 0.2) is 5.78 Å². The highest BCUT2D eigenvalue weighted by Gasteiger charge is 2.20. The van der Waals surface area contributed by atoms with E-state index in [1.807, 2.05) is 24.3 Å². The Balaban J connectivity index is 1.91. The minimum absolute atomic E-state index is 0.106. The lowest BCUT2D eigenvalue weighted by molar-refractivity contribution is 0.0777. The minimum atomic E-state index is 0.106. The Morgan fingerprint density at radius 3 is 3.17 bits per heavy atom. The molecule has 3 rings (SSSR count). The first-order valence-electron chi connectivity index (χ1n) is 6.32. The number of nitrogens with zero attached hydrogens (tertiary/aromatic N) is 1. The Kier molecular flexibility index (Phi) is 3.07. The Bertz CT molecular complexity index is 568. The standard InChI is InChI=1S/C15H15NO2/c17-15(9-12-4-2-8-18-12)14-5-1-3-11-10-16-7-6-13(11)14/h1,3,5-7,10,12H,2,4,8-9H2. The van der Waals surface area contributed by atoms with Crippen molar-refractivity contribution in [1.29, 1.82) is 0 Å². The average Bonchev–Trinajstić information content (AvgIpc) is 2.91. The normalized spacial score (nSPS) is 19.2. The summed E-state index contributed by atoms with van der Waals surface area (Å²) in [5.74, 6) is 0.165. The number of pyridine rings is 1. The molecular weight excluding hydrogens is 226 g/mol. The molecule has 3 heteroatoms. The van der Waals surface area contributed by atoms with Gasteiger partial charge in [-0.05, 0) is 24.3 Å². The smallest absolute Gasteiger partial charge is 0.166 e. The Morgan fingerprint density at radius 1 is 1.39 bits per heavy atom. The highest BCUT2D eigenvalue weighted by Crippen LogP contribution is 2.22. The first kappa shape index (κ1) is 11.4. The molecule has 1 unspecified atom stereocenters. The van der Waals surface area contributed by atoms with Crippen molar-refractivity contribution in [3.8, 4) is 0 Å². The van der Waals surface area contributed by atoms with Crippen LogP contribution in [0, 0.1) is 0 Å². The largest absolute Gasteiger partial charge is 0.378 e. The molecule has 1 aromatic carbocycles. The van der Waals surface area contributed by atoms with Crippen LogP contribution in [0.1, 0.15) is 29.6 Å². The van der Waals surface area contributed by atoms with Crippen LogP contribution in [0.3, 0.4) is 0 Å². The molecule has 0 N–H and O–H groups in total. The molecule has 1 saturated heterocycles. The lowest BCUT2D eigenvalue weighted by atomic mass is 9.99. The van der Waals surface area contributed by atoms with Gasteiger partial charge in [-0.25, -0.2) is 0 Å². The molecular formula is C15H15NO2. The van der Waals surface area contributed by atoms with Crippen molar-refractivity contribution in [3.05, 3.63) is 42.2 Å². The molecule has 0 amide bonds. The maximum Gasteiger partial charge on any atom is 0.166 e. The van der Waals surface area contributed by atoms with Gasteiger partial charge in [-0.15, -0.1) is 0 Å². The molecule has 1 fully saturated rings. The summed E-state index contributed by atoms with van der Waals surface area (Å²) >= 11 is 0. The lowest BCUT2D eigenvalue weighted by Gasteiger charge is -2.09. The third-order valence-electron chi connectivity index (χ3n) is 3.42. The van der Waals surface area contributed by atoms with Crippen molar-refractivity contribution < 1.29 is 9.53 Å². The number of ether oxygens (including phenoxy) is 1. The number of carbonyl (C=O) groups is 1. The monoisotopic (exact) mass is 241 g/mol. The predicted octanol–water partition coefficient (Wildman–Crippen LogP) is 2.99. The molecule has 2 heterocycles. The van der Waals surface area contributed by atoms with Crippen LogP contribution in [0.4, 0.5) is 0 Å². The number of carbonyl (C=O) groups excluding carboxylic acids is 1.